The lowest BCUT2D eigenvalue weighted by molar-refractivity contribution is -0.0704. The third-order valence-electron chi connectivity index (χ3n) is 6.00. The number of amides is 1. The Morgan fingerprint density at radius 1 is 1.00 bits per heavy atom. The van der Waals surface area contributed by atoms with E-state index in [4.69, 9.17) is 4.74 Å². The summed E-state index contributed by atoms with van der Waals surface area (Å²) >= 11 is 0. The van der Waals surface area contributed by atoms with Crippen LogP contribution >= 0.6 is 0 Å². The highest BCUT2D eigenvalue weighted by Crippen LogP contribution is 2.24. The van der Waals surface area contributed by atoms with Crippen LogP contribution in [0.25, 0.3) is 0 Å². The summed E-state index contributed by atoms with van der Waals surface area (Å²) in [6.45, 7) is 9.79. The first-order chi connectivity index (χ1) is 14.6. The Labute approximate surface area is 180 Å². The molecule has 2 heterocycles. The minimum Gasteiger partial charge on any atom is -0.373 e. The monoisotopic (exact) mass is 407 g/mol. The van der Waals surface area contributed by atoms with E-state index in [0.717, 1.165) is 32.7 Å². The molecule has 0 bridgehead atoms. The quantitative estimate of drug-likeness (QED) is 0.791. The molecule has 0 aliphatic carbocycles. The molecule has 2 aliphatic rings. The number of carbonyl (C=O) groups is 1. The lowest BCUT2D eigenvalue weighted by Gasteiger charge is -2.35. The van der Waals surface area contributed by atoms with Crippen molar-refractivity contribution < 1.29 is 9.53 Å². The maximum Gasteiger partial charge on any atom is 0.251 e. The van der Waals surface area contributed by atoms with E-state index in [2.05, 4.69) is 59.3 Å². The molecule has 160 valence electrons. The van der Waals surface area contributed by atoms with Crippen LogP contribution < -0.4 is 10.2 Å². The summed E-state index contributed by atoms with van der Waals surface area (Å²) in [4.78, 5) is 17.5. The highest BCUT2D eigenvalue weighted by Gasteiger charge is 2.22. The minimum absolute atomic E-state index is 0.0219. The van der Waals surface area contributed by atoms with Crippen molar-refractivity contribution >= 4 is 11.6 Å². The van der Waals surface area contributed by atoms with Crippen LogP contribution in [0.5, 0.6) is 0 Å². The van der Waals surface area contributed by atoms with Crippen molar-refractivity contribution in [2.45, 2.75) is 52.0 Å². The van der Waals surface area contributed by atoms with Crippen LogP contribution in [-0.2, 0) is 17.8 Å². The lowest BCUT2D eigenvalue weighted by atomic mass is 10.1. The van der Waals surface area contributed by atoms with Gasteiger partial charge in [0.2, 0.25) is 0 Å². The molecule has 1 amide bonds. The Balaban J connectivity index is 1.33. The Hall–Kier alpha value is -2.37. The smallest absolute Gasteiger partial charge is 0.251 e. The molecule has 30 heavy (non-hydrogen) atoms. The van der Waals surface area contributed by atoms with E-state index in [9.17, 15) is 4.79 Å². The number of nitrogens with one attached hydrogen (secondary N) is 1. The Kier molecular flexibility index (Phi) is 6.70. The molecule has 2 saturated heterocycles. The van der Waals surface area contributed by atoms with E-state index < -0.39 is 0 Å². The van der Waals surface area contributed by atoms with Gasteiger partial charge in [0.15, 0.2) is 0 Å². The maximum atomic E-state index is 12.7. The van der Waals surface area contributed by atoms with Gasteiger partial charge in [0.1, 0.15) is 0 Å². The molecule has 0 saturated carbocycles. The molecule has 5 nitrogen and oxygen atoms in total. The predicted molar refractivity (Wildman–Crippen MR) is 121 cm³/mol. The minimum atomic E-state index is -0.0219. The number of rotatable bonds is 6. The second-order valence-electron chi connectivity index (χ2n) is 8.65. The summed E-state index contributed by atoms with van der Waals surface area (Å²) in [6, 6.07) is 16.4. The maximum absolute atomic E-state index is 12.7. The Morgan fingerprint density at radius 3 is 2.37 bits per heavy atom. The number of hydrogen-bond acceptors (Lipinski definition) is 4. The van der Waals surface area contributed by atoms with Gasteiger partial charge in [-0.1, -0.05) is 30.3 Å². The molecule has 2 aromatic rings. The number of nitrogens with zero attached hydrogens (tertiary/aromatic N) is 2. The number of para-hydroxylation sites is 1. The van der Waals surface area contributed by atoms with Gasteiger partial charge in [0.25, 0.3) is 5.91 Å². The normalized spacial score (nSPS) is 22.3. The van der Waals surface area contributed by atoms with Crippen LogP contribution in [0.4, 0.5) is 5.69 Å². The molecule has 1 N–H and O–H groups in total. The molecule has 2 fully saturated rings. The van der Waals surface area contributed by atoms with E-state index in [0.29, 0.717) is 12.1 Å². The Bertz CT molecular complexity index is 836. The fourth-order valence-corrected chi connectivity index (χ4v) is 4.64. The van der Waals surface area contributed by atoms with Crippen molar-refractivity contribution in [3.8, 4) is 0 Å². The number of anilines is 1. The van der Waals surface area contributed by atoms with Gasteiger partial charge in [0, 0.05) is 50.5 Å². The van der Waals surface area contributed by atoms with E-state index in [1.807, 2.05) is 18.2 Å². The highest BCUT2D eigenvalue weighted by atomic mass is 16.5. The first-order valence-electron chi connectivity index (χ1n) is 11.2. The fraction of sp³-hybridized carbons (Fsp3) is 0.480. The van der Waals surface area contributed by atoms with Crippen LogP contribution in [0.3, 0.4) is 0 Å². The van der Waals surface area contributed by atoms with Crippen LogP contribution in [0, 0.1) is 0 Å². The van der Waals surface area contributed by atoms with Crippen LogP contribution in [0.2, 0.25) is 0 Å². The van der Waals surface area contributed by atoms with Gasteiger partial charge in [-0.3, -0.25) is 9.69 Å². The van der Waals surface area contributed by atoms with Crippen LogP contribution in [0.15, 0.2) is 48.5 Å². The molecular weight excluding hydrogens is 374 g/mol. The van der Waals surface area contributed by atoms with Crippen LogP contribution in [-0.4, -0.2) is 49.2 Å². The van der Waals surface area contributed by atoms with Gasteiger partial charge in [0.05, 0.1) is 12.2 Å². The van der Waals surface area contributed by atoms with Crippen molar-refractivity contribution in [1.29, 1.82) is 0 Å². The first-order valence-corrected chi connectivity index (χ1v) is 11.2. The fourth-order valence-electron chi connectivity index (χ4n) is 4.64. The molecule has 2 aliphatic heterocycles. The molecular formula is C25H33N3O2. The highest BCUT2D eigenvalue weighted by molar-refractivity contribution is 5.94. The van der Waals surface area contributed by atoms with Gasteiger partial charge in [-0.15, -0.1) is 0 Å². The van der Waals surface area contributed by atoms with Gasteiger partial charge < -0.3 is 15.0 Å². The average Bonchev–Trinajstić information content (AvgIpc) is 3.27. The Morgan fingerprint density at radius 2 is 1.67 bits per heavy atom. The third-order valence-corrected chi connectivity index (χ3v) is 6.00. The zero-order valence-electron chi connectivity index (χ0n) is 18.1. The summed E-state index contributed by atoms with van der Waals surface area (Å²) in [6.07, 6.45) is 3.02. The molecule has 0 radical (unpaired) electrons. The van der Waals surface area contributed by atoms with E-state index in [1.165, 1.54) is 29.7 Å². The molecule has 0 aromatic heterocycles. The SMILES string of the molecule is CC1CN(Cc2ccc(C(=O)NCc3ccccc3N3CCCC3)cc2)CC(C)O1. The second-order valence-corrected chi connectivity index (χ2v) is 8.65. The first kappa shape index (κ1) is 20.9. The van der Waals surface area contributed by atoms with Crippen molar-refractivity contribution in [1.82, 2.24) is 10.2 Å². The van der Waals surface area contributed by atoms with Crippen molar-refractivity contribution in [2.75, 3.05) is 31.1 Å². The number of morpholine rings is 1. The molecule has 0 spiro atoms. The lowest BCUT2D eigenvalue weighted by Crippen LogP contribution is -2.44. The summed E-state index contributed by atoms with van der Waals surface area (Å²) in [7, 11) is 0. The number of carbonyl (C=O) groups excluding carboxylic acids is 1. The van der Waals surface area contributed by atoms with Gasteiger partial charge in [-0.2, -0.15) is 0 Å². The van der Waals surface area contributed by atoms with Crippen molar-refractivity contribution in [3.05, 3.63) is 65.2 Å². The number of hydrogen-bond donors (Lipinski definition) is 1. The zero-order chi connectivity index (χ0) is 20.9. The molecule has 5 heteroatoms. The van der Waals surface area contributed by atoms with E-state index >= 15 is 0 Å². The third kappa shape index (κ3) is 5.21. The van der Waals surface area contributed by atoms with Crippen molar-refractivity contribution in [3.63, 3.8) is 0 Å². The average molecular weight is 408 g/mol. The molecule has 2 unspecified atom stereocenters. The van der Waals surface area contributed by atoms with Crippen LogP contribution in [0.1, 0.15) is 48.2 Å². The van der Waals surface area contributed by atoms with Gasteiger partial charge in [-0.05, 0) is 56.0 Å². The second kappa shape index (κ2) is 9.63. The summed E-state index contributed by atoms with van der Waals surface area (Å²) < 4.78 is 5.81. The van der Waals surface area contributed by atoms with E-state index in [1.54, 1.807) is 0 Å². The summed E-state index contributed by atoms with van der Waals surface area (Å²) in [5.41, 5.74) is 4.37. The standard InChI is InChI=1S/C25H33N3O2/c1-19-16-27(17-20(2)30-19)18-21-9-11-22(12-10-21)25(29)26-15-23-7-3-4-8-24(23)28-13-5-6-14-28/h3-4,7-12,19-20H,5-6,13-18H2,1-2H3,(H,26,29). The molecule has 2 atom stereocenters. The van der Waals surface area contributed by atoms with Gasteiger partial charge in [-0.25, -0.2) is 0 Å². The summed E-state index contributed by atoms with van der Waals surface area (Å²) in [5.74, 6) is -0.0219. The number of ether oxygens (including phenoxy) is 1. The van der Waals surface area contributed by atoms with Crippen molar-refractivity contribution in [2.24, 2.45) is 0 Å². The summed E-state index contributed by atoms with van der Waals surface area (Å²) in [5, 5.41) is 3.10. The largest absolute Gasteiger partial charge is 0.373 e. The van der Waals surface area contributed by atoms with Gasteiger partial charge >= 0.3 is 0 Å². The van der Waals surface area contributed by atoms with E-state index in [-0.39, 0.29) is 18.1 Å². The molecule has 2 aromatic carbocycles. The number of benzene rings is 2. The topological polar surface area (TPSA) is 44.8 Å². The molecule has 4 rings (SSSR count). The zero-order valence-corrected chi connectivity index (χ0v) is 18.1. The predicted octanol–water partition coefficient (Wildman–Crippen LogP) is 3.83.